The Morgan fingerprint density at radius 2 is 2.00 bits per heavy atom. The van der Waals surface area contributed by atoms with Crippen molar-refractivity contribution in [1.82, 2.24) is 20.2 Å². The molecule has 0 atom stereocenters. The van der Waals surface area contributed by atoms with Crippen molar-refractivity contribution >= 4 is 17.7 Å². The number of halogens is 1. The Labute approximate surface area is 156 Å². The monoisotopic (exact) mass is 371 g/mol. The van der Waals surface area contributed by atoms with Crippen molar-refractivity contribution in [3.05, 3.63) is 53.7 Å². The second kappa shape index (κ2) is 7.56. The van der Waals surface area contributed by atoms with E-state index in [2.05, 4.69) is 15.3 Å². The molecule has 8 nitrogen and oxygen atoms in total. The molecule has 0 bridgehead atoms. The van der Waals surface area contributed by atoms with Gasteiger partial charge in [0.1, 0.15) is 5.82 Å². The Morgan fingerprint density at radius 3 is 2.63 bits per heavy atom. The van der Waals surface area contributed by atoms with Crippen LogP contribution in [0.25, 0.3) is 0 Å². The Bertz CT molecular complexity index is 849. The zero-order valence-electron chi connectivity index (χ0n) is 14.8. The molecule has 3 rings (SSSR count). The lowest BCUT2D eigenvalue weighted by molar-refractivity contribution is 0.0927. The van der Waals surface area contributed by atoms with Gasteiger partial charge in [-0.2, -0.15) is 0 Å². The Morgan fingerprint density at radius 1 is 1.30 bits per heavy atom. The van der Waals surface area contributed by atoms with Crippen LogP contribution >= 0.6 is 0 Å². The SMILES string of the molecule is N=C(N)N1CCC(CNC(=O)c2nccnc2N)(c2cccc(F)c2)CC1. The number of nitrogens with two attached hydrogens (primary N) is 2. The summed E-state index contributed by atoms with van der Waals surface area (Å²) in [5.74, 6) is -0.684. The number of carbonyl (C=O) groups is 1. The van der Waals surface area contributed by atoms with E-state index in [1.165, 1.54) is 24.5 Å². The number of hydrogen-bond donors (Lipinski definition) is 4. The summed E-state index contributed by atoms with van der Waals surface area (Å²) in [6.45, 7) is 1.39. The summed E-state index contributed by atoms with van der Waals surface area (Å²) in [5.41, 5.74) is 11.7. The van der Waals surface area contributed by atoms with Gasteiger partial charge in [0, 0.05) is 37.4 Å². The number of nitrogens with zero attached hydrogens (tertiary/aromatic N) is 3. The van der Waals surface area contributed by atoms with Crippen molar-refractivity contribution in [2.45, 2.75) is 18.3 Å². The zero-order valence-corrected chi connectivity index (χ0v) is 14.8. The van der Waals surface area contributed by atoms with Gasteiger partial charge in [-0.15, -0.1) is 0 Å². The maximum atomic E-state index is 13.8. The molecule has 9 heteroatoms. The number of rotatable bonds is 4. The molecule has 6 N–H and O–H groups in total. The van der Waals surface area contributed by atoms with Crippen LogP contribution in [0.5, 0.6) is 0 Å². The van der Waals surface area contributed by atoms with E-state index in [1.807, 2.05) is 6.07 Å². The number of hydrogen-bond acceptors (Lipinski definition) is 5. The first-order chi connectivity index (χ1) is 12.9. The molecule has 0 unspecified atom stereocenters. The van der Waals surface area contributed by atoms with Crippen LogP contribution in [0.1, 0.15) is 28.9 Å². The molecular formula is C18H22FN7O. The lowest BCUT2D eigenvalue weighted by Crippen LogP contribution is -2.51. The van der Waals surface area contributed by atoms with Crippen LogP contribution in [0.15, 0.2) is 36.7 Å². The molecule has 0 aliphatic carbocycles. The minimum absolute atomic E-state index is 0.0132. The van der Waals surface area contributed by atoms with Gasteiger partial charge in [-0.3, -0.25) is 10.2 Å². The molecule has 1 fully saturated rings. The maximum Gasteiger partial charge on any atom is 0.273 e. The number of guanidine groups is 1. The average Bonchev–Trinajstić information content (AvgIpc) is 2.67. The first-order valence-corrected chi connectivity index (χ1v) is 8.61. The fourth-order valence-corrected chi connectivity index (χ4v) is 3.42. The van der Waals surface area contributed by atoms with Crippen LogP contribution in [0, 0.1) is 11.2 Å². The van der Waals surface area contributed by atoms with E-state index in [0.29, 0.717) is 25.9 Å². The van der Waals surface area contributed by atoms with Crippen molar-refractivity contribution in [3.8, 4) is 0 Å². The van der Waals surface area contributed by atoms with E-state index in [9.17, 15) is 9.18 Å². The average molecular weight is 371 g/mol. The first kappa shape index (κ1) is 18.6. The topological polar surface area (TPSA) is 134 Å². The molecule has 2 aromatic rings. The van der Waals surface area contributed by atoms with Crippen molar-refractivity contribution in [2.75, 3.05) is 25.4 Å². The molecule has 1 aliphatic heterocycles. The quantitative estimate of drug-likeness (QED) is 0.465. The Kier molecular flexibility index (Phi) is 5.20. The summed E-state index contributed by atoms with van der Waals surface area (Å²) in [4.78, 5) is 22.1. The number of aromatic nitrogens is 2. The van der Waals surface area contributed by atoms with Gasteiger partial charge in [-0.05, 0) is 30.5 Å². The van der Waals surface area contributed by atoms with Crippen LogP contribution in [0.3, 0.4) is 0 Å². The summed E-state index contributed by atoms with van der Waals surface area (Å²) in [6.07, 6.45) is 4.05. The van der Waals surface area contributed by atoms with Gasteiger partial charge in [-0.1, -0.05) is 12.1 Å². The number of carbonyl (C=O) groups excluding carboxylic acids is 1. The van der Waals surface area contributed by atoms with Gasteiger partial charge < -0.3 is 21.7 Å². The lowest BCUT2D eigenvalue weighted by Gasteiger charge is -2.42. The third-order valence-electron chi connectivity index (χ3n) is 5.03. The minimum Gasteiger partial charge on any atom is -0.382 e. The fourth-order valence-electron chi connectivity index (χ4n) is 3.42. The highest BCUT2D eigenvalue weighted by Crippen LogP contribution is 2.35. The number of likely N-dealkylation sites (tertiary alicyclic amines) is 1. The number of benzene rings is 1. The first-order valence-electron chi connectivity index (χ1n) is 8.61. The number of amides is 1. The van der Waals surface area contributed by atoms with Crippen molar-refractivity contribution < 1.29 is 9.18 Å². The van der Waals surface area contributed by atoms with Gasteiger partial charge in [0.05, 0.1) is 0 Å². The van der Waals surface area contributed by atoms with Crippen LogP contribution < -0.4 is 16.8 Å². The molecule has 1 saturated heterocycles. The molecule has 0 saturated carbocycles. The summed E-state index contributed by atoms with van der Waals surface area (Å²) in [5, 5.41) is 10.5. The van der Waals surface area contributed by atoms with E-state index in [-0.39, 0.29) is 29.8 Å². The molecule has 142 valence electrons. The number of anilines is 1. The number of piperidine rings is 1. The van der Waals surface area contributed by atoms with E-state index in [4.69, 9.17) is 16.9 Å². The lowest BCUT2D eigenvalue weighted by atomic mass is 9.72. The summed E-state index contributed by atoms with van der Waals surface area (Å²) < 4.78 is 13.8. The molecule has 0 radical (unpaired) electrons. The van der Waals surface area contributed by atoms with Gasteiger partial charge in [0.2, 0.25) is 0 Å². The largest absolute Gasteiger partial charge is 0.382 e. The molecule has 1 aromatic carbocycles. The molecule has 1 amide bonds. The smallest absolute Gasteiger partial charge is 0.273 e. The van der Waals surface area contributed by atoms with Crippen LogP contribution in [0.2, 0.25) is 0 Å². The van der Waals surface area contributed by atoms with Crippen LogP contribution in [-0.4, -0.2) is 46.4 Å². The second-order valence-corrected chi connectivity index (χ2v) is 6.64. The number of nitrogen functional groups attached to an aromatic ring is 1. The third-order valence-corrected chi connectivity index (χ3v) is 5.03. The maximum absolute atomic E-state index is 13.8. The highest BCUT2D eigenvalue weighted by atomic mass is 19.1. The van der Waals surface area contributed by atoms with Crippen LogP contribution in [0.4, 0.5) is 10.2 Å². The van der Waals surface area contributed by atoms with Gasteiger partial charge in [-0.25, -0.2) is 14.4 Å². The summed E-state index contributed by atoms with van der Waals surface area (Å²) in [6, 6.07) is 6.40. The zero-order chi connectivity index (χ0) is 19.4. The fraction of sp³-hybridized carbons (Fsp3) is 0.333. The van der Waals surface area contributed by atoms with Crippen molar-refractivity contribution in [2.24, 2.45) is 5.73 Å². The molecule has 27 heavy (non-hydrogen) atoms. The van der Waals surface area contributed by atoms with Gasteiger partial charge >= 0.3 is 0 Å². The molecule has 0 spiro atoms. The van der Waals surface area contributed by atoms with Gasteiger partial charge in [0.15, 0.2) is 17.5 Å². The van der Waals surface area contributed by atoms with E-state index in [0.717, 1.165) is 5.56 Å². The molecule has 1 aromatic heterocycles. The summed E-state index contributed by atoms with van der Waals surface area (Å²) >= 11 is 0. The van der Waals surface area contributed by atoms with E-state index < -0.39 is 11.3 Å². The number of nitrogens with one attached hydrogen (secondary N) is 2. The normalized spacial score (nSPS) is 16.0. The Balaban J connectivity index is 1.82. The molecule has 2 heterocycles. The predicted molar refractivity (Wildman–Crippen MR) is 99.6 cm³/mol. The van der Waals surface area contributed by atoms with Crippen molar-refractivity contribution in [3.63, 3.8) is 0 Å². The summed E-state index contributed by atoms with van der Waals surface area (Å²) in [7, 11) is 0. The Hall–Kier alpha value is -3.23. The third kappa shape index (κ3) is 3.97. The standard InChI is InChI=1S/C18H22FN7O/c19-13-3-1-2-12(10-13)18(4-8-26(9-5-18)17(21)22)11-25-16(27)14-15(20)24-7-6-23-14/h1-3,6-7,10H,4-5,8-9,11H2,(H2,20,24)(H3,21,22)(H,25,27). The predicted octanol–water partition coefficient (Wildman–Crippen LogP) is 0.855. The molecule has 1 aliphatic rings. The van der Waals surface area contributed by atoms with E-state index >= 15 is 0 Å². The van der Waals surface area contributed by atoms with Crippen LogP contribution in [-0.2, 0) is 5.41 Å². The highest BCUT2D eigenvalue weighted by molar-refractivity contribution is 5.96. The second-order valence-electron chi connectivity index (χ2n) is 6.64. The minimum atomic E-state index is -0.472. The highest BCUT2D eigenvalue weighted by Gasteiger charge is 2.37. The van der Waals surface area contributed by atoms with Gasteiger partial charge in [0.25, 0.3) is 5.91 Å². The van der Waals surface area contributed by atoms with E-state index in [1.54, 1.807) is 11.0 Å². The molecular weight excluding hydrogens is 349 g/mol. The van der Waals surface area contributed by atoms with Crippen molar-refractivity contribution in [1.29, 1.82) is 5.41 Å².